The van der Waals surface area contributed by atoms with E-state index in [1.165, 1.54) is 38.5 Å². The van der Waals surface area contributed by atoms with Crippen molar-refractivity contribution < 1.29 is 4.74 Å². The zero-order valence-corrected chi connectivity index (χ0v) is 11.1. The molecule has 1 heterocycles. The summed E-state index contributed by atoms with van der Waals surface area (Å²) in [7, 11) is 0. The number of fused-ring (bicyclic) bond motifs is 1. The largest absolute Gasteiger partial charge is 0.375 e. The fourth-order valence-corrected chi connectivity index (χ4v) is 4.64. The summed E-state index contributed by atoms with van der Waals surface area (Å²) < 4.78 is 6.39. The van der Waals surface area contributed by atoms with Crippen LogP contribution in [0, 0.1) is 23.2 Å². The molecule has 0 aromatic rings. The Hall–Kier alpha value is -0.0400. The van der Waals surface area contributed by atoms with Crippen molar-refractivity contribution in [3.05, 3.63) is 0 Å². The second-order valence-corrected chi connectivity index (χ2v) is 7.64. The van der Waals surface area contributed by atoms with E-state index in [9.17, 15) is 0 Å². The Morgan fingerprint density at radius 2 is 1.94 bits per heavy atom. The first-order valence-electron chi connectivity index (χ1n) is 7.12. The van der Waals surface area contributed by atoms with Gasteiger partial charge in [0.05, 0.1) is 12.2 Å². The molecule has 2 saturated carbocycles. The Bertz CT molecular complexity index is 269. The molecule has 3 fully saturated rings. The van der Waals surface area contributed by atoms with Gasteiger partial charge in [-0.2, -0.15) is 0 Å². The zero-order valence-electron chi connectivity index (χ0n) is 11.1. The molecule has 4 atom stereocenters. The van der Waals surface area contributed by atoms with Gasteiger partial charge in [-0.25, -0.2) is 0 Å². The fraction of sp³-hybridized carbons (Fsp3) is 1.00. The average molecular weight is 222 g/mol. The molecule has 0 N–H and O–H groups in total. The third-order valence-corrected chi connectivity index (χ3v) is 5.07. The summed E-state index contributed by atoms with van der Waals surface area (Å²) in [5, 5.41) is 0. The van der Waals surface area contributed by atoms with Gasteiger partial charge in [-0.05, 0) is 61.7 Å². The Labute approximate surface area is 99.9 Å². The Kier molecular flexibility index (Phi) is 2.41. The fourth-order valence-electron chi connectivity index (χ4n) is 4.64. The molecule has 0 aromatic carbocycles. The zero-order chi connectivity index (χ0) is 11.4. The molecule has 2 aliphatic carbocycles. The highest BCUT2D eigenvalue weighted by Gasteiger charge is 2.49. The van der Waals surface area contributed by atoms with E-state index in [-0.39, 0.29) is 5.60 Å². The van der Waals surface area contributed by atoms with Crippen LogP contribution < -0.4 is 0 Å². The molecule has 0 bridgehead atoms. The summed E-state index contributed by atoms with van der Waals surface area (Å²) in [6.07, 6.45) is 8.22. The van der Waals surface area contributed by atoms with E-state index in [0.717, 1.165) is 24.4 Å². The van der Waals surface area contributed by atoms with Crippen LogP contribution in [0.25, 0.3) is 0 Å². The highest BCUT2D eigenvalue weighted by molar-refractivity contribution is 4.99. The number of hydrogen-bond acceptors (Lipinski definition) is 1. The second kappa shape index (κ2) is 3.48. The van der Waals surface area contributed by atoms with Crippen LogP contribution in [0.4, 0.5) is 0 Å². The van der Waals surface area contributed by atoms with E-state index in [2.05, 4.69) is 20.8 Å². The molecular weight excluding hydrogens is 196 g/mol. The standard InChI is InChI=1S/C15H26O/c1-11-7-14(2,3)10-15(8-11)5-4-12-6-13(12)9-16-15/h11-13H,4-10H2,1-3H3/t11-,12+,13-,15+/m1/s1. The summed E-state index contributed by atoms with van der Waals surface area (Å²) in [4.78, 5) is 0. The van der Waals surface area contributed by atoms with Crippen LogP contribution in [-0.4, -0.2) is 12.2 Å². The van der Waals surface area contributed by atoms with Crippen molar-refractivity contribution >= 4 is 0 Å². The molecule has 1 saturated heterocycles. The van der Waals surface area contributed by atoms with Gasteiger partial charge >= 0.3 is 0 Å². The Balaban J connectivity index is 1.75. The van der Waals surface area contributed by atoms with Crippen LogP contribution in [0.5, 0.6) is 0 Å². The molecule has 1 spiro atoms. The van der Waals surface area contributed by atoms with E-state index < -0.39 is 0 Å². The summed E-state index contributed by atoms with van der Waals surface area (Å²) >= 11 is 0. The van der Waals surface area contributed by atoms with Gasteiger partial charge in [-0.1, -0.05) is 20.8 Å². The van der Waals surface area contributed by atoms with Gasteiger partial charge in [0, 0.05) is 0 Å². The van der Waals surface area contributed by atoms with Crippen molar-refractivity contribution in [3.8, 4) is 0 Å². The lowest BCUT2D eigenvalue weighted by Gasteiger charge is -2.47. The number of rotatable bonds is 0. The molecule has 1 nitrogen and oxygen atoms in total. The summed E-state index contributed by atoms with van der Waals surface area (Å²) in [5.41, 5.74) is 0.751. The van der Waals surface area contributed by atoms with Crippen molar-refractivity contribution in [1.29, 1.82) is 0 Å². The van der Waals surface area contributed by atoms with Gasteiger partial charge in [0.2, 0.25) is 0 Å². The number of hydrogen-bond donors (Lipinski definition) is 0. The molecule has 0 amide bonds. The molecule has 1 aliphatic heterocycles. The first-order chi connectivity index (χ1) is 7.48. The Morgan fingerprint density at radius 3 is 2.69 bits per heavy atom. The molecule has 16 heavy (non-hydrogen) atoms. The minimum absolute atomic E-state index is 0.259. The average Bonchev–Trinajstić information content (AvgIpc) is 2.86. The van der Waals surface area contributed by atoms with Crippen LogP contribution in [0.3, 0.4) is 0 Å². The normalized spacial score (nSPS) is 50.8. The monoisotopic (exact) mass is 222 g/mol. The first-order valence-corrected chi connectivity index (χ1v) is 7.12. The maximum atomic E-state index is 6.39. The van der Waals surface area contributed by atoms with Gasteiger partial charge < -0.3 is 4.74 Å². The van der Waals surface area contributed by atoms with E-state index in [0.29, 0.717) is 5.41 Å². The molecular formula is C15H26O. The third kappa shape index (κ3) is 2.03. The van der Waals surface area contributed by atoms with Crippen LogP contribution in [-0.2, 0) is 4.74 Å². The molecule has 92 valence electrons. The molecule has 3 aliphatic rings. The minimum Gasteiger partial charge on any atom is -0.375 e. The lowest BCUT2D eigenvalue weighted by Crippen LogP contribution is -2.44. The maximum absolute atomic E-state index is 6.39. The molecule has 0 radical (unpaired) electrons. The minimum atomic E-state index is 0.259. The van der Waals surface area contributed by atoms with E-state index in [1.807, 2.05) is 0 Å². The first kappa shape index (κ1) is 11.1. The van der Waals surface area contributed by atoms with Crippen molar-refractivity contribution in [2.75, 3.05) is 6.61 Å². The van der Waals surface area contributed by atoms with Crippen LogP contribution in [0.1, 0.15) is 59.3 Å². The van der Waals surface area contributed by atoms with E-state index in [4.69, 9.17) is 4.74 Å². The predicted molar refractivity (Wildman–Crippen MR) is 66.3 cm³/mol. The van der Waals surface area contributed by atoms with Gasteiger partial charge in [0.25, 0.3) is 0 Å². The summed E-state index contributed by atoms with van der Waals surface area (Å²) in [6, 6.07) is 0. The highest BCUT2D eigenvalue weighted by Crippen LogP contribution is 2.53. The van der Waals surface area contributed by atoms with Crippen LogP contribution >= 0.6 is 0 Å². The lowest BCUT2D eigenvalue weighted by molar-refractivity contribution is -0.114. The number of ether oxygens (including phenoxy) is 1. The van der Waals surface area contributed by atoms with Crippen molar-refractivity contribution in [2.45, 2.75) is 64.9 Å². The Morgan fingerprint density at radius 1 is 1.12 bits per heavy atom. The third-order valence-electron chi connectivity index (χ3n) is 5.07. The molecule has 0 aromatic heterocycles. The topological polar surface area (TPSA) is 9.23 Å². The van der Waals surface area contributed by atoms with Gasteiger partial charge in [0.15, 0.2) is 0 Å². The van der Waals surface area contributed by atoms with Crippen LogP contribution in [0.2, 0.25) is 0 Å². The molecule has 3 rings (SSSR count). The summed E-state index contributed by atoms with van der Waals surface area (Å²) in [6.45, 7) is 8.34. The molecule has 0 unspecified atom stereocenters. The van der Waals surface area contributed by atoms with Gasteiger partial charge in [-0.3, -0.25) is 0 Å². The van der Waals surface area contributed by atoms with Gasteiger partial charge in [0.1, 0.15) is 0 Å². The smallest absolute Gasteiger partial charge is 0.0690 e. The van der Waals surface area contributed by atoms with E-state index >= 15 is 0 Å². The van der Waals surface area contributed by atoms with Crippen LogP contribution in [0.15, 0.2) is 0 Å². The van der Waals surface area contributed by atoms with E-state index in [1.54, 1.807) is 0 Å². The lowest BCUT2D eigenvalue weighted by atomic mass is 9.64. The highest BCUT2D eigenvalue weighted by atomic mass is 16.5. The quantitative estimate of drug-likeness (QED) is 0.601. The second-order valence-electron chi connectivity index (χ2n) is 7.64. The predicted octanol–water partition coefficient (Wildman–Crippen LogP) is 4.02. The molecule has 1 heteroatoms. The SMILES string of the molecule is C[C@@H]1CC(C)(C)C[C@]2(CC[C@H]3C[C@@H]3CO2)C1. The van der Waals surface area contributed by atoms with Crippen molar-refractivity contribution in [3.63, 3.8) is 0 Å². The van der Waals surface area contributed by atoms with Crippen molar-refractivity contribution in [1.82, 2.24) is 0 Å². The maximum Gasteiger partial charge on any atom is 0.0690 e. The van der Waals surface area contributed by atoms with Gasteiger partial charge in [-0.15, -0.1) is 0 Å². The van der Waals surface area contributed by atoms with Crippen molar-refractivity contribution in [2.24, 2.45) is 23.2 Å². The summed E-state index contributed by atoms with van der Waals surface area (Å²) in [5.74, 6) is 2.80.